The fraction of sp³-hybridized carbons (Fsp3) is 0.182. The summed E-state index contributed by atoms with van der Waals surface area (Å²) in [6, 6.07) is 10.1. The summed E-state index contributed by atoms with van der Waals surface area (Å²) >= 11 is 0. The standard InChI is InChI=1S/C33H35N5/c1-9-24(20-26(10-2)35-23(5)33(6,7)8)21(3)14-15-28-22(4)30(36-28)32-37-29-13-11-12-27(31(29)38-32)25-16-18-34-19-17-25/h9-20,35H,2,4-5H2,1,3,6-8H3,(H,37,38)/b21-14+,24-9+,26-20+,28-15+. The normalized spacial score (nSPS) is 15.9. The number of para-hydroxylation sites is 1. The lowest BCUT2D eigenvalue weighted by molar-refractivity contribution is 0.478. The van der Waals surface area contributed by atoms with Crippen molar-refractivity contribution < 1.29 is 0 Å². The number of nitrogens with one attached hydrogen (secondary N) is 2. The molecule has 3 heterocycles. The molecule has 0 bridgehead atoms. The molecule has 192 valence electrons. The Bertz CT molecular complexity index is 1560. The van der Waals surface area contributed by atoms with Gasteiger partial charge in [0.2, 0.25) is 0 Å². The van der Waals surface area contributed by atoms with Crippen LogP contribution >= 0.6 is 0 Å². The van der Waals surface area contributed by atoms with Crippen LogP contribution in [0.3, 0.4) is 0 Å². The van der Waals surface area contributed by atoms with Crippen molar-refractivity contribution in [2.24, 2.45) is 10.4 Å². The van der Waals surface area contributed by atoms with Crippen molar-refractivity contribution >= 4 is 16.7 Å². The average molecular weight is 502 g/mol. The lowest BCUT2D eigenvalue weighted by Crippen LogP contribution is -2.22. The molecule has 2 N–H and O–H groups in total. The molecule has 1 aliphatic heterocycles. The molecule has 4 rings (SSSR count). The van der Waals surface area contributed by atoms with Crippen LogP contribution in [-0.2, 0) is 0 Å². The van der Waals surface area contributed by atoms with Crippen LogP contribution in [-0.4, -0.2) is 20.7 Å². The van der Waals surface area contributed by atoms with E-state index in [0.29, 0.717) is 0 Å². The van der Waals surface area contributed by atoms with Crippen LogP contribution in [0.4, 0.5) is 0 Å². The number of fused-ring (bicyclic) bond motifs is 1. The van der Waals surface area contributed by atoms with E-state index in [2.05, 4.69) is 87.0 Å². The van der Waals surface area contributed by atoms with E-state index in [1.54, 1.807) is 12.4 Å². The fourth-order valence-electron chi connectivity index (χ4n) is 3.97. The Morgan fingerprint density at radius 3 is 2.47 bits per heavy atom. The Hall–Kier alpha value is -4.51. The Kier molecular flexibility index (Phi) is 7.58. The molecule has 38 heavy (non-hydrogen) atoms. The van der Waals surface area contributed by atoms with Crippen molar-refractivity contribution in [2.75, 3.05) is 0 Å². The number of hydrogen-bond donors (Lipinski definition) is 2. The maximum atomic E-state index is 4.86. The smallest absolute Gasteiger partial charge is 0.157 e. The number of aromatic amines is 1. The van der Waals surface area contributed by atoms with Crippen molar-refractivity contribution in [1.29, 1.82) is 0 Å². The molecular weight excluding hydrogens is 466 g/mol. The highest BCUT2D eigenvalue weighted by Crippen LogP contribution is 2.31. The third kappa shape index (κ3) is 5.57. The summed E-state index contributed by atoms with van der Waals surface area (Å²) in [7, 11) is 0. The van der Waals surface area contributed by atoms with Gasteiger partial charge in [0.15, 0.2) is 5.82 Å². The number of pyridine rings is 1. The molecule has 0 fully saturated rings. The van der Waals surface area contributed by atoms with E-state index < -0.39 is 0 Å². The first kappa shape index (κ1) is 26.6. The third-order valence-electron chi connectivity index (χ3n) is 6.54. The van der Waals surface area contributed by atoms with Gasteiger partial charge in [-0.05, 0) is 67.0 Å². The topological polar surface area (TPSA) is 66.0 Å². The van der Waals surface area contributed by atoms with E-state index in [1.807, 2.05) is 43.3 Å². The highest BCUT2D eigenvalue weighted by Gasteiger charge is 2.24. The molecule has 0 saturated carbocycles. The van der Waals surface area contributed by atoms with Crippen molar-refractivity contribution in [1.82, 2.24) is 20.3 Å². The average Bonchev–Trinajstić information content (AvgIpc) is 3.33. The molecule has 2 aromatic heterocycles. The number of nitrogens with zero attached hydrogens (tertiary/aromatic N) is 3. The molecule has 0 spiro atoms. The van der Waals surface area contributed by atoms with E-state index in [4.69, 9.17) is 9.98 Å². The van der Waals surface area contributed by atoms with Gasteiger partial charge in [0.25, 0.3) is 0 Å². The molecule has 0 atom stereocenters. The number of imidazole rings is 1. The SMILES string of the molecule is C=C\C(=C/C(=C\C)C(/C)=C/C=C1/N=C(c2nc3c(-c4ccncc4)cccc3[nH]2)C1=C)NC(=C)C(C)(C)C. The highest BCUT2D eigenvalue weighted by molar-refractivity contribution is 6.19. The lowest BCUT2D eigenvalue weighted by atomic mass is 9.92. The zero-order valence-corrected chi connectivity index (χ0v) is 22.9. The fourth-order valence-corrected chi connectivity index (χ4v) is 3.97. The number of benzene rings is 1. The number of rotatable bonds is 8. The third-order valence-corrected chi connectivity index (χ3v) is 6.54. The molecule has 5 heteroatoms. The molecule has 0 radical (unpaired) electrons. The first-order chi connectivity index (χ1) is 18.1. The minimum absolute atomic E-state index is 0.0474. The van der Waals surface area contributed by atoms with Crippen LogP contribution in [0, 0.1) is 5.41 Å². The molecule has 0 amide bonds. The lowest BCUT2D eigenvalue weighted by Gasteiger charge is -2.24. The molecule has 1 aromatic carbocycles. The molecule has 5 nitrogen and oxygen atoms in total. The largest absolute Gasteiger partial charge is 0.359 e. The second kappa shape index (κ2) is 10.9. The first-order valence-electron chi connectivity index (χ1n) is 12.7. The van der Waals surface area contributed by atoms with Gasteiger partial charge in [0.05, 0.1) is 16.7 Å². The van der Waals surface area contributed by atoms with Crippen LogP contribution < -0.4 is 5.32 Å². The van der Waals surface area contributed by atoms with Crippen molar-refractivity contribution in [3.05, 3.63) is 132 Å². The van der Waals surface area contributed by atoms with E-state index >= 15 is 0 Å². The van der Waals surface area contributed by atoms with Crippen LogP contribution in [0.2, 0.25) is 0 Å². The molecule has 3 aromatic rings. The zero-order chi connectivity index (χ0) is 27.4. The summed E-state index contributed by atoms with van der Waals surface area (Å²) in [5.74, 6) is 0.724. The number of H-pyrrole nitrogens is 1. The van der Waals surface area contributed by atoms with Crippen molar-refractivity contribution in [3.8, 4) is 11.1 Å². The summed E-state index contributed by atoms with van der Waals surface area (Å²) < 4.78 is 0. The summed E-state index contributed by atoms with van der Waals surface area (Å²) in [6.45, 7) is 22.9. The highest BCUT2D eigenvalue weighted by atomic mass is 15.0. The Morgan fingerprint density at radius 1 is 1.11 bits per heavy atom. The summed E-state index contributed by atoms with van der Waals surface area (Å²) in [6.07, 6.45) is 13.6. The zero-order valence-electron chi connectivity index (χ0n) is 22.9. The van der Waals surface area contributed by atoms with Crippen LogP contribution in [0.15, 0.2) is 132 Å². The molecule has 0 aliphatic carbocycles. The minimum atomic E-state index is -0.0474. The van der Waals surface area contributed by atoms with Crippen LogP contribution in [0.25, 0.3) is 22.2 Å². The molecule has 1 aliphatic rings. The van der Waals surface area contributed by atoms with Gasteiger partial charge in [-0.25, -0.2) is 9.98 Å². The number of hydrogen-bond acceptors (Lipinski definition) is 4. The Labute approximate surface area is 225 Å². The second-order valence-corrected chi connectivity index (χ2v) is 10.3. The van der Waals surface area contributed by atoms with Gasteiger partial charge in [-0.3, -0.25) is 4.98 Å². The quantitative estimate of drug-likeness (QED) is 0.308. The van der Waals surface area contributed by atoms with Gasteiger partial charge in [-0.1, -0.05) is 64.8 Å². The molecule has 0 saturated heterocycles. The molecular formula is C33H35N5. The number of allylic oxidation sites excluding steroid dienone is 9. The number of aromatic nitrogens is 3. The van der Waals surface area contributed by atoms with Gasteiger partial charge in [0, 0.05) is 40.3 Å². The second-order valence-electron chi connectivity index (χ2n) is 10.3. The van der Waals surface area contributed by atoms with E-state index in [0.717, 1.165) is 67.5 Å². The van der Waals surface area contributed by atoms with Gasteiger partial charge in [-0.15, -0.1) is 0 Å². The maximum Gasteiger partial charge on any atom is 0.157 e. The minimum Gasteiger partial charge on any atom is -0.359 e. The van der Waals surface area contributed by atoms with E-state index in [-0.39, 0.29) is 5.41 Å². The van der Waals surface area contributed by atoms with Crippen molar-refractivity contribution in [2.45, 2.75) is 34.6 Å². The van der Waals surface area contributed by atoms with E-state index in [9.17, 15) is 0 Å². The van der Waals surface area contributed by atoms with Crippen molar-refractivity contribution in [3.63, 3.8) is 0 Å². The monoisotopic (exact) mass is 501 g/mol. The van der Waals surface area contributed by atoms with E-state index in [1.165, 1.54) is 0 Å². The van der Waals surface area contributed by atoms with Gasteiger partial charge in [-0.2, -0.15) is 0 Å². The molecule has 0 unspecified atom stereocenters. The van der Waals surface area contributed by atoms with Gasteiger partial charge in [0.1, 0.15) is 5.71 Å². The maximum absolute atomic E-state index is 4.86. The van der Waals surface area contributed by atoms with Gasteiger partial charge < -0.3 is 10.3 Å². The number of aliphatic imine (C=N–C) groups is 1. The Morgan fingerprint density at radius 2 is 1.84 bits per heavy atom. The Balaban J connectivity index is 1.56. The van der Waals surface area contributed by atoms with Crippen LogP contribution in [0.5, 0.6) is 0 Å². The first-order valence-corrected chi connectivity index (χ1v) is 12.7. The van der Waals surface area contributed by atoms with Crippen LogP contribution in [0.1, 0.15) is 40.4 Å². The summed E-state index contributed by atoms with van der Waals surface area (Å²) in [4.78, 5) is 17.1. The summed E-state index contributed by atoms with van der Waals surface area (Å²) in [5.41, 5.74) is 10.5. The predicted molar refractivity (Wildman–Crippen MR) is 161 cm³/mol. The predicted octanol–water partition coefficient (Wildman–Crippen LogP) is 7.98. The van der Waals surface area contributed by atoms with Gasteiger partial charge >= 0.3 is 0 Å². The summed E-state index contributed by atoms with van der Waals surface area (Å²) in [5, 5.41) is 3.39.